The van der Waals surface area contributed by atoms with Crippen LogP contribution in [0.15, 0.2) is 23.1 Å². The van der Waals surface area contributed by atoms with Crippen molar-refractivity contribution in [1.29, 1.82) is 0 Å². The summed E-state index contributed by atoms with van der Waals surface area (Å²) in [6.45, 7) is 6.87. The second-order valence-corrected chi connectivity index (χ2v) is 8.35. The molecule has 0 saturated carbocycles. The largest absolute Gasteiger partial charge is 0.379 e. The lowest BCUT2D eigenvalue weighted by Crippen LogP contribution is -2.51. The highest BCUT2D eigenvalue weighted by Gasteiger charge is 2.29. The van der Waals surface area contributed by atoms with Crippen LogP contribution in [0.4, 0.5) is 5.69 Å². The monoisotopic (exact) mass is 391 g/mol. The Kier molecular flexibility index (Phi) is 6.75. The van der Waals surface area contributed by atoms with E-state index in [2.05, 4.69) is 9.62 Å². The third kappa shape index (κ3) is 5.11. The SMILES string of the molecule is CC(C)C(CNS(=O)(=O)c1ccc(Cl)cc1[N+](=O)[O-])N1CCOCC1. The first kappa shape index (κ1) is 20.1. The molecular formula is C15H22ClN3O5S. The number of hydrogen-bond donors (Lipinski definition) is 1. The summed E-state index contributed by atoms with van der Waals surface area (Å²) < 4.78 is 33.0. The molecule has 1 aliphatic heterocycles. The van der Waals surface area contributed by atoms with E-state index in [1.807, 2.05) is 13.8 Å². The van der Waals surface area contributed by atoms with E-state index in [1.54, 1.807) is 0 Å². The number of nitrogens with zero attached hydrogens (tertiary/aromatic N) is 2. The molecule has 1 N–H and O–H groups in total. The van der Waals surface area contributed by atoms with Crippen molar-refractivity contribution >= 4 is 27.3 Å². The number of nitro groups is 1. The predicted molar refractivity (Wildman–Crippen MR) is 94.3 cm³/mol. The van der Waals surface area contributed by atoms with Gasteiger partial charge in [-0.3, -0.25) is 15.0 Å². The summed E-state index contributed by atoms with van der Waals surface area (Å²) in [6.07, 6.45) is 0. The van der Waals surface area contributed by atoms with E-state index >= 15 is 0 Å². The van der Waals surface area contributed by atoms with Gasteiger partial charge >= 0.3 is 0 Å². The van der Waals surface area contributed by atoms with Crippen LogP contribution in [0, 0.1) is 16.0 Å². The minimum Gasteiger partial charge on any atom is -0.379 e. The highest BCUT2D eigenvalue weighted by atomic mass is 35.5. The van der Waals surface area contributed by atoms with E-state index in [9.17, 15) is 18.5 Å². The van der Waals surface area contributed by atoms with Crippen LogP contribution < -0.4 is 4.72 Å². The Morgan fingerprint density at radius 1 is 1.36 bits per heavy atom. The molecule has 1 saturated heterocycles. The van der Waals surface area contributed by atoms with Crippen LogP contribution >= 0.6 is 11.6 Å². The number of nitrogens with one attached hydrogen (secondary N) is 1. The molecule has 1 atom stereocenters. The maximum Gasteiger partial charge on any atom is 0.290 e. The van der Waals surface area contributed by atoms with Crippen molar-refractivity contribution in [1.82, 2.24) is 9.62 Å². The molecule has 1 heterocycles. The molecule has 1 unspecified atom stereocenters. The number of ether oxygens (including phenoxy) is 1. The van der Waals surface area contributed by atoms with Crippen LogP contribution in [-0.4, -0.2) is 57.1 Å². The fourth-order valence-electron chi connectivity index (χ4n) is 2.83. The molecule has 1 fully saturated rings. The molecule has 1 aromatic rings. The third-order valence-corrected chi connectivity index (χ3v) is 5.88. The van der Waals surface area contributed by atoms with Gasteiger partial charge < -0.3 is 4.74 Å². The number of benzene rings is 1. The summed E-state index contributed by atoms with van der Waals surface area (Å²) in [5.41, 5.74) is -0.535. The van der Waals surface area contributed by atoms with Crippen molar-refractivity contribution in [3.05, 3.63) is 33.3 Å². The van der Waals surface area contributed by atoms with Gasteiger partial charge in [0.05, 0.1) is 18.1 Å². The lowest BCUT2D eigenvalue weighted by molar-refractivity contribution is -0.387. The summed E-state index contributed by atoms with van der Waals surface area (Å²) in [5, 5.41) is 11.3. The summed E-state index contributed by atoms with van der Waals surface area (Å²) in [5.74, 6) is 0.209. The minimum atomic E-state index is -4.03. The van der Waals surface area contributed by atoms with E-state index in [1.165, 1.54) is 6.07 Å². The second kappa shape index (κ2) is 8.41. The first-order chi connectivity index (χ1) is 11.7. The fraction of sp³-hybridized carbons (Fsp3) is 0.600. The van der Waals surface area contributed by atoms with Gasteiger partial charge in [0, 0.05) is 36.8 Å². The zero-order valence-corrected chi connectivity index (χ0v) is 15.7. The fourth-order valence-corrected chi connectivity index (χ4v) is 4.20. The topological polar surface area (TPSA) is 102 Å². The summed E-state index contributed by atoms with van der Waals surface area (Å²) in [4.78, 5) is 12.2. The number of halogens is 1. The summed E-state index contributed by atoms with van der Waals surface area (Å²) in [6, 6.07) is 3.50. The number of nitro benzene ring substituents is 1. The molecule has 0 bridgehead atoms. The van der Waals surface area contributed by atoms with Crippen LogP contribution in [0.25, 0.3) is 0 Å². The van der Waals surface area contributed by atoms with E-state index in [4.69, 9.17) is 16.3 Å². The first-order valence-corrected chi connectivity index (χ1v) is 9.84. The molecule has 0 radical (unpaired) electrons. The molecular weight excluding hydrogens is 370 g/mol. The quantitative estimate of drug-likeness (QED) is 0.562. The molecule has 2 rings (SSSR count). The first-order valence-electron chi connectivity index (χ1n) is 7.98. The summed E-state index contributed by atoms with van der Waals surface area (Å²) >= 11 is 5.74. The predicted octanol–water partition coefficient (Wildman–Crippen LogP) is 1.88. The maximum atomic E-state index is 12.6. The Hall–Kier alpha value is -1.26. The average Bonchev–Trinajstić information content (AvgIpc) is 2.55. The van der Waals surface area contributed by atoms with Gasteiger partial charge in [0.1, 0.15) is 0 Å². The average molecular weight is 392 g/mol. The van der Waals surface area contributed by atoms with E-state index in [0.29, 0.717) is 13.2 Å². The summed E-state index contributed by atoms with van der Waals surface area (Å²) in [7, 11) is -4.03. The Morgan fingerprint density at radius 3 is 2.56 bits per heavy atom. The molecule has 0 spiro atoms. The van der Waals surface area contributed by atoms with Crippen LogP contribution in [0.1, 0.15) is 13.8 Å². The van der Waals surface area contributed by atoms with Crippen molar-refractivity contribution in [3.8, 4) is 0 Å². The normalized spacial score (nSPS) is 17.6. The minimum absolute atomic E-state index is 0.0231. The van der Waals surface area contributed by atoms with Gasteiger partial charge in [-0.15, -0.1) is 0 Å². The molecule has 140 valence electrons. The van der Waals surface area contributed by atoms with Crippen LogP contribution in [0.3, 0.4) is 0 Å². The van der Waals surface area contributed by atoms with Crippen molar-refractivity contribution in [2.24, 2.45) is 5.92 Å². The molecule has 0 aromatic heterocycles. The Balaban J connectivity index is 2.19. The number of sulfonamides is 1. The van der Waals surface area contributed by atoms with Crippen molar-refractivity contribution < 1.29 is 18.1 Å². The molecule has 1 aliphatic rings. The molecule has 10 heteroatoms. The van der Waals surface area contributed by atoms with E-state index in [-0.39, 0.29) is 28.4 Å². The Bertz CT molecular complexity index is 720. The van der Waals surface area contributed by atoms with Gasteiger partial charge in [-0.05, 0) is 18.1 Å². The molecule has 25 heavy (non-hydrogen) atoms. The van der Waals surface area contributed by atoms with Crippen LogP contribution in [-0.2, 0) is 14.8 Å². The second-order valence-electron chi connectivity index (χ2n) is 6.18. The number of morpholine rings is 1. The van der Waals surface area contributed by atoms with Crippen molar-refractivity contribution in [2.75, 3.05) is 32.8 Å². The van der Waals surface area contributed by atoms with Crippen LogP contribution in [0.2, 0.25) is 5.02 Å². The van der Waals surface area contributed by atoms with Gasteiger partial charge in [0.15, 0.2) is 4.90 Å². The molecule has 1 aromatic carbocycles. The third-order valence-electron chi connectivity index (χ3n) is 4.17. The van der Waals surface area contributed by atoms with Gasteiger partial charge in [-0.25, -0.2) is 13.1 Å². The Labute approximate surface area is 152 Å². The zero-order valence-electron chi connectivity index (χ0n) is 14.1. The maximum absolute atomic E-state index is 12.6. The number of hydrogen-bond acceptors (Lipinski definition) is 6. The van der Waals surface area contributed by atoms with Crippen molar-refractivity contribution in [3.63, 3.8) is 0 Å². The van der Waals surface area contributed by atoms with Gasteiger partial charge in [-0.2, -0.15) is 0 Å². The molecule has 8 nitrogen and oxygen atoms in total. The zero-order chi connectivity index (χ0) is 18.6. The number of rotatable bonds is 7. The van der Waals surface area contributed by atoms with Crippen molar-refractivity contribution in [2.45, 2.75) is 24.8 Å². The molecule has 0 amide bonds. The van der Waals surface area contributed by atoms with E-state index < -0.39 is 20.6 Å². The standard InChI is InChI=1S/C15H22ClN3O5S/c1-11(2)14(18-5-7-24-8-6-18)10-17-25(22,23)15-4-3-12(16)9-13(15)19(20)21/h3-4,9,11,14,17H,5-8,10H2,1-2H3. The lowest BCUT2D eigenvalue weighted by Gasteiger charge is -2.36. The van der Waals surface area contributed by atoms with Gasteiger partial charge in [0.2, 0.25) is 10.0 Å². The van der Waals surface area contributed by atoms with E-state index in [0.717, 1.165) is 25.2 Å². The van der Waals surface area contributed by atoms with Crippen LogP contribution in [0.5, 0.6) is 0 Å². The smallest absolute Gasteiger partial charge is 0.290 e. The van der Waals surface area contributed by atoms with Gasteiger partial charge in [0.25, 0.3) is 5.69 Å². The van der Waals surface area contributed by atoms with Gasteiger partial charge in [-0.1, -0.05) is 25.4 Å². The molecule has 0 aliphatic carbocycles. The highest BCUT2D eigenvalue weighted by Crippen LogP contribution is 2.27. The highest BCUT2D eigenvalue weighted by molar-refractivity contribution is 7.89. The lowest BCUT2D eigenvalue weighted by atomic mass is 10.0. The Morgan fingerprint density at radius 2 is 2.00 bits per heavy atom.